The van der Waals surface area contributed by atoms with E-state index in [-0.39, 0.29) is 25.7 Å². The Kier molecular flexibility index (Phi) is 68.9. The summed E-state index contributed by atoms with van der Waals surface area (Å²) in [5, 5.41) is 10.6. The van der Waals surface area contributed by atoms with Gasteiger partial charge in [-0.2, -0.15) is 0 Å². The molecule has 0 radical (unpaired) electrons. The molecule has 98 heavy (non-hydrogen) atoms. The number of hydrogen-bond acceptors (Lipinski definition) is 15. The third kappa shape index (κ3) is 70.7. The van der Waals surface area contributed by atoms with Crippen molar-refractivity contribution in [3.63, 3.8) is 0 Å². The van der Waals surface area contributed by atoms with Gasteiger partial charge in [0.1, 0.15) is 19.3 Å². The predicted molar refractivity (Wildman–Crippen MR) is 399 cm³/mol. The van der Waals surface area contributed by atoms with Gasteiger partial charge in [-0.25, -0.2) is 9.13 Å². The maximum atomic E-state index is 13.1. The predicted octanol–water partition coefficient (Wildman–Crippen LogP) is 22.2. The van der Waals surface area contributed by atoms with E-state index in [0.717, 1.165) is 128 Å². The summed E-state index contributed by atoms with van der Waals surface area (Å²) in [5.41, 5.74) is 0. The molecule has 0 fully saturated rings. The zero-order chi connectivity index (χ0) is 71.8. The van der Waals surface area contributed by atoms with Crippen LogP contribution in [-0.2, 0) is 65.4 Å². The van der Waals surface area contributed by atoms with Crippen LogP contribution < -0.4 is 0 Å². The largest absolute Gasteiger partial charge is 0.472 e. The molecule has 0 aliphatic heterocycles. The molecule has 0 aromatic heterocycles. The molecular weight excluding hydrogens is 1280 g/mol. The van der Waals surface area contributed by atoms with Crippen molar-refractivity contribution in [3.05, 3.63) is 85.1 Å². The van der Waals surface area contributed by atoms with Crippen molar-refractivity contribution in [2.75, 3.05) is 39.6 Å². The number of phosphoric ester groups is 2. The van der Waals surface area contributed by atoms with E-state index in [2.05, 4.69) is 88.5 Å². The van der Waals surface area contributed by atoms with E-state index < -0.39 is 97.5 Å². The number of ether oxygens (including phenoxy) is 4. The van der Waals surface area contributed by atoms with Crippen molar-refractivity contribution in [1.29, 1.82) is 0 Å². The van der Waals surface area contributed by atoms with Gasteiger partial charge in [0.2, 0.25) is 0 Å². The van der Waals surface area contributed by atoms with Gasteiger partial charge in [0.15, 0.2) is 12.2 Å². The highest BCUT2D eigenvalue weighted by atomic mass is 31.2. The molecule has 0 heterocycles. The summed E-state index contributed by atoms with van der Waals surface area (Å²) in [7, 11) is -9.97. The van der Waals surface area contributed by atoms with E-state index in [1.807, 2.05) is 18.2 Å². The van der Waals surface area contributed by atoms with Crippen LogP contribution in [0.3, 0.4) is 0 Å². The average Bonchev–Trinajstić information content (AvgIpc) is 0.959. The number of esters is 4. The number of phosphoric acid groups is 2. The Balaban J connectivity index is 5.40. The molecule has 0 bridgehead atoms. The molecule has 0 aliphatic carbocycles. The summed E-state index contributed by atoms with van der Waals surface area (Å²) < 4.78 is 68.4. The molecular formula is C79H140O17P2. The number of unbranched alkanes of at least 4 members (excludes halogenated alkanes) is 34. The fraction of sp³-hybridized carbons (Fsp3) is 0.772. The SMILES string of the molecule is CC/C=C\C/C=C\C/C=C\C/C=C\C/C=C\CC(=O)OCC(COP(=O)(O)OCC(O)COP(=O)(O)OCC(COC(=O)CCCCCCC/C=C\CCCCCCCC)OC(=O)CCCCCCC/C=C\CCCCCCCC)OC(=O)CCCCCCCCCCCCCCC. The number of carbonyl (C=O) groups excluding carboxylic acids is 4. The van der Waals surface area contributed by atoms with E-state index in [1.54, 1.807) is 6.08 Å². The Bertz CT molecular complexity index is 2190. The molecule has 0 amide bonds. The zero-order valence-corrected chi connectivity index (χ0v) is 63.7. The van der Waals surface area contributed by atoms with Crippen molar-refractivity contribution >= 4 is 39.5 Å². The first kappa shape index (κ1) is 94.2. The highest BCUT2D eigenvalue weighted by Gasteiger charge is 2.30. The highest BCUT2D eigenvalue weighted by molar-refractivity contribution is 7.47. The lowest BCUT2D eigenvalue weighted by molar-refractivity contribution is -0.161. The monoisotopic (exact) mass is 1420 g/mol. The van der Waals surface area contributed by atoms with Crippen LogP contribution in [0, 0.1) is 0 Å². The number of carbonyl (C=O) groups is 4. The minimum atomic E-state index is -4.99. The molecule has 568 valence electrons. The lowest BCUT2D eigenvalue weighted by atomic mass is 10.0. The quantitative estimate of drug-likeness (QED) is 0.0169. The standard InChI is InChI=1S/C79H140O17P2/c1-5-9-13-17-21-25-29-33-36-40-43-47-51-55-59-63-76(81)89-69-74(95-78(83)65-61-57-53-49-45-39-32-28-24-20-16-12-8-4)71-93-97(85,86)91-67-73(80)68-92-98(87,88)94-72-75(96-79(84)66-62-58-54-50-46-42-38-35-31-27-23-19-15-11-7-3)70-90-77(82)64-60-56-52-48-44-41-37-34-30-26-22-18-14-10-6-2/h9,13,21,25,33-38,43,47,55,59,73-75,80H,5-8,10-12,14-20,22-24,26-32,39-42,44-46,48-54,56-58,60-72H2,1-4H3,(H,85,86)(H,87,88)/b13-9-,25-21-,36-33-,37-34-,38-35-,47-43-,59-55-. The third-order valence-corrected chi connectivity index (χ3v) is 18.3. The van der Waals surface area contributed by atoms with Crippen molar-refractivity contribution < 1.29 is 80.2 Å². The van der Waals surface area contributed by atoms with Gasteiger partial charge in [-0.15, -0.1) is 0 Å². The first-order valence-corrected chi connectivity index (χ1v) is 41.8. The molecule has 0 spiro atoms. The van der Waals surface area contributed by atoms with Crippen LogP contribution in [0.25, 0.3) is 0 Å². The summed E-state index contributed by atoms with van der Waals surface area (Å²) in [6.45, 7) is 4.66. The molecule has 0 saturated heterocycles. The molecule has 19 heteroatoms. The Morgan fingerprint density at radius 2 is 0.571 bits per heavy atom. The first-order valence-electron chi connectivity index (χ1n) is 38.8. The second-order valence-corrected chi connectivity index (χ2v) is 28.8. The fourth-order valence-corrected chi connectivity index (χ4v) is 12.0. The lowest BCUT2D eigenvalue weighted by Crippen LogP contribution is -2.30. The maximum Gasteiger partial charge on any atom is 0.472 e. The third-order valence-electron chi connectivity index (χ3n) is 16.4. The summed E-state index contributed by atoms with van der Waals surface area (Å²) >= 11 is 0. The van der Waals surface area contributed by atoms with Crippen molar-refractivity contribution in [2.24, 2.45) is 0 Å². The summed E-state index contributed by atoms with van der Waals surface area (Å²) in [6.07, 6.45) is 73.1. The average molecular weight is 1420 g/mol. The lowest BCUT2D eigenvalue weighted by Gasteiger charge is -2.21. The van der Waals surface area contributed by atoms with Crippen molar-refractivity contribution in [3.8, 4) is 0 Å². The minimum Gasteiger partial charge on any atom is -0.462 e. The molecule has 17 nitrogen and oxygen atoms in total. The van der Waals surface area contributed by atoms with E-state index >= 15 is 0 Å². The van der Waals surface area contributed by atoms with Crippen LogP contribution in [0.5, 0.6) is 0 Å². The van der Waals surface area contributed by atoms with Crippen LogP contribution in [0.1, 0.15) is 336 Å². The number of aliphatic hydroxyl groups is 1. The molecule has 5 unspecified atom stereocenters. The molecule has 5 atom stereocenters. The van der Waals surface area contributed by atoms with E-state index in [4.69, 9.17) is 37.0 Å². The fourth-order valence-electron chi connectivity index (χ4n) is 10.5. The van der Waals surface area contributed by atoms with Gasteiger partial charge in [-0.3, -0.25) is 37.3 Å². The van der Waals surface area contributed by atoms with Gasteiger partial charge < -0.3 is 33.8 Å². The highest BCUT2D eigenvalue weighted by Crippen LogP contribution is 2.45. The maximum absolute atomic E-state index is 13.1. The van der Waals surface area contributed by atoms with E-state index in [0.29, 0.717) is 25.7 Å². The number of hydrogen-bond donors (Lipinski definition) is 3. The second kappa shape index (κ2) is 71.6. The normalized spacial score (nSPS) is 14.4. The summed E-state index contributed by atoms with van der Waals surface area (Å²) in [4.78, 5) is 72.8. The number of allylic oxidation sites excluding steroid dienone is 13. The Morgan fingerprint density at radius 1 is 0.306 bits per heavy atom. The molecule has 0 aromatic rings. The number of aliphatic hydroxyl groups excluding tert-OH is 1. The van der Waals surface area contributed by atoms with Crippen LogP contribution in [-0.4, -0.2) is 96.7 Å². The van der Waals surface area contributed by atoms with Crippen LogP contribution in [0.15, 0.2) is 85.1 Å². The second-order valence-electron chi connectivity index (χ2n) is 25.9. The van der Waals surface area contributed by atoms with Gasteiger partial charge in [0, 0.05) is 19.3 Å². The minimum absolute atomic E-state index is 0.0680. The van der Waals surface area contributed by atoms with Gasteiger partial charge in [-0.1, -0.05) is 293 Å². The Labute approximate surface area is 595 Å². The molecule has 0 rings (SSSR count). The summed E-state index contributed by atoms with van der Waals surface area (Å²) in [6, 6.07) is 0. The molecule has 3 N–H and O–H groups in total. The molecule has 0 saturated carbocycles. The Hall–Kier alpha value is -3.76. The van der Waals surface area contributed by atoms with Crippen molar-refractivity contribution in [1.82, 2.24) is 0 Å². The zero-order valence-electron chi connectivity index (χ0n) is 62.0. The summed E-state index contributed by atoms with van der Waals surface area (Å²) in [5.74, 6) is -2.32. The molecule has 0 aliphatic rings. The number of rotatable bonds is 73. The van der Waals surface area contributed by atoms with Crippen LogP contribution in [0.2, 0.25) is 0 Å². The Morgan fingerprint density at radius 3 is 0.898 bits per heavy atom. The van der Waals surface area contributed by atoms with Gasteiger partial charge in [-0.05, 0) is 103 Å². The topological polar surface area (TPSA) is 237 Å². The molecule has 0 aromatic carbocycles. The van der Waals surface area contributed by atoms with Gasteiger partial charge in [0.05, 0.1) is 32.8 Å². The first-order chi connectivity index (χ1) is 47.7. The van der Waals surface area contributed by atoms with Gasteiger partial charge >= 0.3 is 39.5 Å². The smallest absolute Gasteiger partial charge is 0.462 e. The van der Waals surface area contributed by atoms with E-state index in [9.17, 15) is 43.2 Å². The van der Waals surface area contributed by atoms with E-state index in [1.165, 1.54) is 128 Å². The van der Waals surface area contributed by atoms with Crippen LogP contribution >= 0.6 is 15.6 Å². The van der Waals surface area contributed by atoms with Gasteiger partial charge in [0.25, 0.3) is 0 Å². The van der Waals surface area contributed by atoms with Crippen LogP contribution in [0.4, 0.5) is 0 Å². The van der Waals surface area contributed by atoms with Crippen molar-refractivity contribution in [2.45, 2.75) is 354 Å².